The van der Waals surface area contributed by atoms with E-state index in [0.717, 1.165) is 11.3 Å². The molecule has 12 heavy (non-hydrogen) atoms. The van der Waals surface area contributed by atoms with Crippen molar-refractivity contribution in [3.05, 3.63) is 11.1 Å². The van der Waals surface area contributed by atoms with Crippen molar-refractivity contribution in [3.63, 3.8) is 0 Å². The van der Waals surface area contributed by atoms with Gasteiger partial charge >= 0.3 is 0 Å². The lowest BCUT2D eigenvalue weighted by atomic mass is 9.99. The number of nitrogens with zero attached hydrogens (tertiary/aromatic N) is 2. The number of hydrogen-bond acceptors (Lipinski definition) is 5. The second kappa shape index (κ2) is 4.49. The van der Waals surface area contributed by atoms with Crippen molar-refractivity contribution in [2.45, 2.75) is 26.3 Å². The molecule has 1 rings (SSSR count). The zero-order chi connectivity index (χ0) is 8.97. The first-order valence-electron chi connectivity index (χ1n) is 4.03. The Labute approximate surface area is 76.3 Å². The van der Waals surface area contributed by atoms with E-state index in [0.29, 0.717) is 5.92 Å². The molecule has 0 aliphatic heterocycles. The lowest BCUT2D eigenvalue weighted by molar-refractivity contribution is 0.388. The van der Waals surface area contributed by atoms with E-state index in [4.69, 9.17) is 5.84 Å². The Hall–Kier alpha value is -0.520. The number of nitrogens with one attached hydrogen (secondary N) is 1. The summed E-state index contributed by atoms with van der Waals surface area (Å²) in [5.41, 5.74) is 2.79. The third-order valence-electron chi connectivity index (χ3n) is 2.08. The number of nitrogens with two attached hydrogens (primary N) is 1. The minimum Gasteiger partial charge on any atom is -0.271 e. The molecule has 1 aromatic rings. The molecule has 0 aliphatic carbocycles. The fourth-order valence-electron chi connectivity index (χ4n) is 1.07. The van der Waals surface area contributed by atoms with Crippen molar-refractivity contribution < 1.29 is 0 Å². The minimum absolute atomic E-state index is 0.190. The SMILES string of the molecule is CCC(C)C(NN)c1cnns1. The van der Waals surface area contributed by atoms with Crippen LogP contribution in [0.1, 0.15) is 31.2 Å². The van der Waals surface area contributed by atoms with E-state index in [9.17, 15) is 0 Å². The summed E-state index contributed by atoms with van der Waals surface area (Å²) in [5.74, 6) is 5.95. The van der Waals surface area contributed by atoms with Crippen molar-refractivity contribution in [3.8, 4) is 0 Å². The summed E-state index contributed by atoms with van der Waals surface area (Å²) in [4.78, 5) is 1.10. The van der Waals surface area contributed by atoms with Gasteiger partial charge in [0.15, 0.2) is 0 Å². The van der Waals surface area contributed by atoms with Gasteiger partial charge in [0.1, 0.15) is 0 Å². The Bertz CT molecular complexity index is 211. The fraction of sp³-hybridized carbons (Fsp3) is 0.714. The van der Waals surface area contributed by atoms with E-state index in [1.807, 2.05) is 0 Å². The lowest BCUT2D eigenvalue weighted by Gasteiger charge is -2.19. The monoisotopic (exact) mass is 186 g/mol. The Kier molecular flexibility index (Phi) is 3.58. The predicted octanol–water partition coefficient (Wildman–Crippen LogP) is 1.09. The Morgan fingerprint density at radius 3 is 2.92 bits per heavy atom. The highest BCUT2D eigenvalue weighted by Gasteiger charge is 2.17. The zero-order valence-corrected chi connectivity index (χ0v) is 8.14. The second-order valence-electron chi connectivity index (χ2n) is 2.85. The van der Waals surface area contributed by atoms with Gasteiger partial charge in [0.2, 0.25) is 0 Å². The van der Waals surface area contributed by atoms with Crippen LogP contribution < -0.4 is 11.3 Å². The van der Waals surface area contributed by atoms with E-state index < -0.39 is 0 Å². The number of rotatable bonds is 4. The first-order chi connectivity index (χ1) is 5.79. The van der Waals surface area contributed by atoms with Crippen molar-refractivity contribution in [2.75, 3.05) is 0 Å². The molecule has 0 amide bonds. The molecule has 0 saturated carbocycles. The maximum absolute atomic E-state index is 5.44. The molecule has 0 saturated heterocycles. The largest absolute Gasteiger partial charge is 0.271 e. The van der Waals surface area contributed by atoms with Gasteiger partial charge in [-0.3, -0.25) is 11.3 Å². The van der Waals surface area contributed by atoms with Gasteiger partial charge in [-0.05, 0) is 17.5 Å². The molecule has 68 valence electrons. The normalized spacial score (nSPS) is 15.9. The van der Waals surface area contributed by atoms with Crippen molar-refractivity contribution in [2.24, 2.45) is 11.8 Å². The summed E-state index contributed by atoms with van der Waals surface area (Å²) in [7, 11) is 0. The van der Waals surface area contributed by atoms with Gasteiger partial charge in [-0.25, -0.2) is 0 Å². The van der Waals surface area contributed by atoms with Gasteiger partial charge < -0.3 is 0 Å². The maximum atomic E-state index is 5.44. The molecule has 1 aromatic heterocycles. The highest BCUT2D eigenvalue weighted by atomic mass is 32.1. The summed E-state index contributed by atoms with van der Waals surface area (Å²) in [5, 5.41) is 3.78. The van der Waals surface area contributed by atoms with Crippen LogP contribution in [-0.2, 0) is 0 Å². The predicted molar refractivity (Wildman–Crippen MR) is 49.4 cm³/mol. The number of hydrogen-bond donors (Lipinski definition) is 2. The molecule has 0 aliphatic rings. The standard InChI is InChI=1S/C7H14N4S/c1-3-5(2)7(10-8)6-4-9-11-12-6/h4-5,7,10H,3,8H2,1-2H3. The second-order valence-corrected chi connectivity index (χ2v) is 3.67. The minimum atomic E-state index is 0.190. The van der Waals surface area contributed by atoms with Crippen LogP contribution in [0.3, 0.4) is 0 Å². The van der Waals surface area contributed by atoms with Gasteiger partial charge in [-0.1, -0.05) is 24.8 Å². The van der Waals surface area contributed by atoms with Gasteiger partial charge in [-0.15, -0.1) is 5.10 Å². The molecule has 4 nitrogen and oxygen atoms in total. The van der Waals surface area contributed by atoms with Crippen LogP contribution in [0.2, 0.25) is 0 Å². The van der Waals surface area contributed by atoms with Crippen molar-refractivity contribution in [1.29, 1.82) is 0 Å². The van der Waals surface area contributed by atoms with Crippen molar-refractivity contribution in [1.82, 2.24) is 15.0 Å². The summed E-state index contributed by atoms with van der Waals surface area (Å²) in [6.07, 6.45) is 2.86. The average Bonchev–Trinajstić information content (AvgIpc) is 2.58. The molecule has 2 unspecified atom stereocenters. The van der Waals surface area contributed by atoms with Crippen LogP contribution in [0, 0.1) is 5.92 Å². The first-order valence-corrected chi connectivity index (χ1v) is 4.80. The number of aromatic nitrogens is 2. The Morgan fingerprint density at radius 2 is 2.50 bits per heavy atom. The molecular formula is C7H14N4S. The van der Waals surface area contributed by atoms with E-state index in [1.165, 1.54) is 11.5 Å². The van der Waals surface area contributed by atoms with Gasteiger partial charge in [0.05, 0.1) is 17.1 Å². The van der Waals surface area contributed by atoms with Crippen LogP contribution in [0.25, 0.3) is 0 Å². The third kappa shape index (κ3) is 2.00. The molecule has 0 fully saturated rings. The third-order valence-corrected chi connectivity index (χ3v) is 2.82. The Balaban J connectivity index is 2.69. The van der Waals surface area contributed by atoms with E-state index >= 15 is 0 Å². The fourth-order valence-corrected chi connectivity index (χ4v) is 1.77. The summed E-state index contributed by atoms with van der Waals surface area (Å²) < 4.78 is 3.80. The molecule has 2 atom stereocenters. The van der Waals surface area contributed by atoms with Crippen LogP contribution in [0.5, 0.6) is 0 Å². The first kappa shape index (κ1) is 9.57. The van der Waals surface area contributed by atoms with Crippen LogP contribution >= 0.6 is 11.5 Å². The topological polar surface area (TPSA) is 63.8 Å². The molecule has 5 heteroatoms. The van der Waals surface area contributed by atoms with E-state index in [-0.39, 0.29) is 6.04 Å². The molecule has 0 aromatic carbocycles. The molecule has 0 spiro atoms. The number of hydrazine groups is 1. The van der Waals surface area contributed by atoms with Gasteiger partial charge in [0.25, 0.3) is 0 Å². The Morgan fingerprint density at radius 1 is 1.75 bits per heavy atom. The summed E-state index contributed by atoms with van der Waals surface area (Å²) >= 11 is 1.40. The van der Waals surface area contributed by atoms with Crippen molar-refractivity contribution >= 4 is 11.5 Å². The highest BCUT2D eigenvalue weighted by Crippen LogP contribution is 2.24. The molecule has 3 N–H and O–H groups in total. The molecule has 0 bridgehead atoms. The van der Waals surface area contributed by atoms with Crippen LogP contribution in [0.15, 0.2) is 6.20 Å². The van der Waals surface area contributed by atoms with Gasteiger partial charge in [0, 0.05) is 0 Å². The average molecular weight is 186 g/mol. The van der Waals surface area contributed by atoms with Gasteiger partial charge in [-0.2, -0.15) is 0 Å². The zero-order valence-electron chi connectivity index (χ0n) is 7.32. The maximum Gasteiger partial charge on any atom is 0.0669 e. The van der Waals surface area contributed by atoms with Crippen LogP contribution in [-0.4, -0.2) is 9.59 Å². The van der Waals surface area contributed by atoms with Crippen LogP contribution in [0.4, 0.5) is 0 Å². The summed E-state index contributed by atoms with van der Waals surface area (Å²) in [6, 6.07) is 0.190. The smallest absolute Gasteiger partial charge is 0.0669 e. The highest BCUT2D eigenvalue weighted by molar-refractivity contribution is 7.05. The quantitative estimate of drug-likeness (QED) is 0.545. The molecule has 1 heterocycles. The molecular weight excluding hydrogens is 172 g/mol. The molecule has 0 radical (unpaired) electrons. The summed E-state index contributed by atoms with van der Waals surface area (Å²) in [6.45, 7) is 4.30. The van der Waals surface area contributed by atoms with E-state index in [1.54, 1.807) is 6.20 Å². The lowest BCUT2D eigenvalue weighted by Crippen LogP contribution is -2.31. The van der Waals surface area contributed by atoms with E-state index in [2.05, 4.69) is 28.9 Å².